The van der Waals surface area contributed by atoms with E-state index >= 15 is 0 Å². The van der Waals surface area contributed by atoms with Crippen molar-refractivity contribution in [1.29, 1.82) is 0 Å². The molecule has 2 N–H and O–H groups in total. The number of rotatable bonds is 9. The Morgan fingerprint density at radius 3 is 2.53 bits per heavy atom. The Morgan fingerprint density at radius 1 is 1.16 bits per heavy atom. The number of Topliss-reactive ketones (excluding diaryl/α,β-unsaturated/α-hetero) is 1. The number of aliphatic hydroxyl groups excluding tert-OH is 2. The van der Waals surface area contributed by atoms with E-state index in [1.807, 2.05) is 0 Å². The molecule has 0 radical (unpaired) electrons. The van der Waals surface area contributed by atoms with Crippen LogP contribution in [-0.4, -0.2) is 34.5 Å². The minimum Gasteiger partial charge on any atom is -0.393 e. The zero-order valence-electron chi connectivity index (χ0n) is 11.8. The lowest BCUT2D eigenvalue weighted by Gasteiger charge is -2.18. The molecule has 110 valence electrons. The van der Waals surface area contributed by atoms with Gasteiger partial charge in [0.2, 0.25) is 0 Å². The van der Waals surface area contributed by atoms with Crippen molar-refractivity contribution in [3.05, 3.63) is 0 Å². The molecule has 0 bridgehead atoms. The Hall–Kier alpha value is -0.740. The number of aliphatic hydroxyl groups is 2. The average molecular weight is 270 g/mol. The molecule has 0 spiro atoms. The Kier molecular flexibility index (Phi) is 7.24. The van der Waals surface area contributed by atoms with Gasteiger partial charge in [-0.2, -0.15) is 0 Å². The summed E-state index contributed by atoms with van der Waals surface area (Å²) in [5.74, 6) is -0.565. The molecule has 4 heteroatoms. The van der Waals surface area contributed by atoms with Gasteiger partial charge >= 0.3 is 0 Å². The Morgan fingerprint density at radius 2 is 1.89 bits per heavy atom. The van der Waals surface area contributed by atoms with E-state index in [0.717, 1.165) is 32.0 Å². The van der Waals surface area contributed by atoms with Crippen LogP contribution < -0.4 is 0 Å². The van der Waals surface area contributed by atoms with Crippen LogP contribution in [0.15, 0.2) is 0 Å². The molecule has 1 rings (SSSR count). The largest absolute Gasteiger partial charge is 0.393 e. The van der Waals surface area contributed by atoms with E-state index in [4.69, 9.17) is 0 Å². The molecule has 0 aromatic carbocycles. The summed E-state index contributed by atoms with van der Waals surface area (Å²) in [4.78, 5) is 22.6. The third-order valence-electron chi connectivity index (χ3n) is 4.14. The minimum absolute atomic E-state index is 0.203. The van der Waals surface area contributed by atoms with Crippen LogP contribution in [0.3, 0.4) is 0 Å². The van der Waals surface area contributed by atoms with Crippen molar-refractivity contribution < 1.29 is 19.8 Å². The van der Waals surface area contributed by atoms with Gasteiger partial charge in [0.25, 0.3) is 0 Å². The van der Waals surface area contributed by atoms with Crippen molar-refractivity contribution in [3.63, 3.8) is 0 Å². The first-order valence-electron chi connectivity index (χ1n) is 7.43. The summed E-state index contributed by atoms with van der Waals surface area (Å²) in [6.07, 6.45) is 5.40. The Balaban J connectivity index is 2.27. The molecular formula is C15H26O4. The Bertz CT molecular complexity index is 290. The molecule has 0 aromatic rings. The molecule has 1 aliphatic carbocycles. The summed E-state index contributed by atoms with van der Waals surface area (Å²) in [6, 6.07) is 0. The number of aldehydes is 1. The fraction of sp³-hybridized carbons (Fsp3) is 0.867. The highest BCUT2D eigenvalue weighted by Gasteiger charge is 2.41. The van der Waals surface area contributed by atoms with E-state index in [1.165, 1.54) is 0 Å². The molecule has 4 nitrogen and oxygen atoms in total. The highest BCUT2D eigenvalue weighted by molar-refractivity contribution is 5.78. The van der Waals surface area contributed by atoms with E-state index < -0.39 is 18.1 Å². The first kappa shape index (κ1) is 16.3. The molecule has 0 heterocycles. The lowest BCUT2D eigenvalue weighted by atomic mass is 9.89. The number of carbonyl (C=O) groups excluding carboxylic acids is 2. The summed E-state index contributed by atoms with van der Waals surface area (Å²) in [7, 11) is 0. The second-order valence-electron chi connectivity index (χ2n) is 5.64. The van der Waals surface area contributed by atoms with E-state index in [1.54, 1.807) is 0 Å². The predicted octanol–water partition coefficient (Wildman–Crippen LogP) is 1.86. The second kappa shape index (κ2) is 8.43. The highest BCUT2D eigenvalue weighted by atomic mass is 16.3. The summed E-state index contributed by atoms with van der Waals surface area (Å²) < 4.78 is 0. The topological polar surface area (TPSA) is 74.6 Å². The Labute approximate surface area is 115 Å². The molecule has 0 aliphatic heterocycles. The first-order valence-corrected chi connectivity index (χ1v) is 7.43. The van der Waals surface area contributed by atoms with Gasteiger partial charge in [0.05, 0.1) is 12.2 Å². The molecule has 1 aliphatic rings. The van der Waals surface area contributed by atoms with Gasteiger partial charge in [-0.05, 0) is 18.8 Å². The molecule has 0 aromatic heterocycles. The average Bonchev–Trinajstić information content (AvgIpc) is 2.66. The number of carbonyl (C=O) groups is 2. The van der Waals surface area contributed by atoms with Gasteiger partial charge in [0, 0.05) is 25.2 Å². The third-order valence-corrected chi connectivity index (χ3v) is 4.14. The summed E-state index contributed by atoms with van der Waals surface area (Å²) >= 11 is 0. The van der Waals surface area contributed by atoms with Gasteiger partial charge in [-0.25, -0.2) is 0 Å². The summed E-state index contributed by atoms with van der Waals surface area (Å²) in [5, 5.41) is 19.4. The molecule has 1 saturated carbocycles. The predicted molar refractivity (Wildman–Crippen MR) is 72.7 cm³/mol. The van der Waals surface area contributed by atoms with Crippen LogP contribution in [0.1, 0.15) is 58.3 Å². The lowest BCUT2D eigenvalue weighted by molar-refractivity contribution is -0.120. The van der Waals surface area contributed by atoms with Gasteiger partial charge in [-0.3, -0.25) is 4.79 Å². The number of hydrogen-bond donors (Lipinski definition) is 2. The molecular weight excluding hydrogens is 244 g/mol. The first-order chi connectivity index (χ1) is 9.10. The van der Waals surface area contributed by atoms with Crippen molar-refractivity contribution >= 4 is 12.1 Å². The van der Waals surface area contributed by atoms with Crippen molar-refractivity contribution in [2.45, 2.75) is 70.5 Å². The van der Waals surface area contributed by atoms with Gasteiger partial charge in [-0.1, -0.05) is 26.2 Å². The van der Waals surface area contributed by atoms with Crippen molar-refractivity contribution in [2.75, 3.05) is 0 Å². The minimum atomic E-state index is -0.753. The van der Waals surface area contributed by atoms with Crippen LogP contribution in [0, 0.1) is 11.8 Å². The van der Waals surface area contributed by atoms with Crippen LogP contribution in [0.25, 0.3) is 0 Å². The van der Waals surface area contributed by atoms with Crippen LogP contribution in [0.5, 0.6) is 0 Å². The number of hydrogen-bond acceptors (Lipinski definition) is 4. The van der Waals surface area contributed by atoms with Gasteiger partial charge in [0.15, 0.2) is 0 Å². The van der Waals surface area contributed by atoms with E-state index in [-0.39, 0.29) is 18.1 Å². The fourth-order valence-electron chi connectivity index (χ4n) is 2.90. The fourth-order valence-corrected chi connectivity index (χ4v) is 2.90. The molecule has 19 heavy (non-hydrogen) atoms. The van der Waals surface area contributed by atoms with Gasteiger partial charge < -0.3 is 15.0 Å². The molecule has 0 saturated heterocycles. The zero-order valence-corrected chi connectivity index (χ0v) is 11.8. The molecule has 1 fully saturated rings. The molecule has 0 unspecified atom stereocenters. The summed E-state index contributed by atoms with van der Waals surface area (Å²) in [5.41, 5.74) is 0. The lowest BCUT2D eigenvalue weighted by Crippen LogP contribution is -2.24. The van der Waals surface area contributed by atoms with Crippen LogP contribution in [-0.2, 0) is 9.59 Å². The monoisotopic (exact) mass is 270 g/mol. The molecule has 0 amide bonds. The van der Waals surface area contributed by atoms with E-state index in [0.29, 0.717) is 19.3 Å². The van der Waals surface area contributed by atoms with Gasteiger partial charge in [-0.15, -0.1) is 0 Å². The highest BCUT2D eigenvalue weighted by Crippen LogP contribution is 2.34. The van der Waals surface area contributed by atoms with Crippen molar-refractivity contribution in [1.82, 2.24) is 0 Å². The standard InChI is InChI=1S/C15H26O4/c1-2-3-4-5-6-11(17)7-8-12-13(10-16)15(19)9-14(12)18/h10,12-15,18-19H,2-9H2,1H3/t12-,13+,14-,15+/m1/s1. The molecule has 4 atom stereocenters. The summed E-state index contributed by atoms with van der Waals surface area (Å²) in [6.45, 7) is 2.13. The smallest absolute Gasteiger partial charge is 0.132 e. The quantitative estimate of drug-likeness (QED) is 0.495. The number of ketones is 1. The number of unbranched alkanes of at least 4 members (excludes halogenated alkanes) is 3. The van der Waals surface area contributed by atoms with Crippen LogP contribution in [0.2, 0.25) is 0 Å². The van der Waals surface area contributed by atoms with Crippen molar-refractivity contribution in [2.24, 2.45) is 11.8 Å². The normalized spacial score (nSPS) is 30.5. The van der Waals surface area contributed by atoms with Crippen LogP contribution >= 0.6 is 0 Å². The SMILES string of the molecule is CCCCCCC(=O)CC[C@@H]1[C@H](C=O)[C@@H](O)C[C@H]1O. The second-order valence-corrected chi connectivity index (χ2v) is 5.64. The van der Waals surface area contributed by atoms with Crippen LogP contribution in [0.4, 0.5) is 0 Å². The van der Waals surface area contributed by atoms with E-state index in [9.17, 15) is 19.8 Å². The zero-order chi connectivity index (χ0) is 14.3. The van der Waals surface area contributed by atoms with Crippen molar-refractivity contribution in [3.8, 4) is 0 Å². The van der Waals surface area contributed by atoms with E-state index in [2.05, 4.69) is 6.92 Å². The third kappa shape index (κ3) is 5.03. The van der Waals surface area contributed by atoms with Gasteiger partial charge in [0.1, 0.15) is 12.1 Å². The maximum Gasteiger partial charge on any atom is 0.132 e. The maximum absolute atomic E-state index is 11.7. The maximum atomic E-state index is 11.7.